The standard InChI is InChI=1S/C21H22N4O3/c1-21(2,3)11-16(26)24-20-17(14-8-4-5-9-15(14)19(22)27)18(25-28-20)13-7-6-10-23-12-13/h4-10,12H,11H2,1-3H3,(H2,22,27)(H,24,26). The summed E-state index contributed by atoms with van der Waals surface area (Å²) in [4.78, 5) is 28.5. The second kappa shape index (κ2) is 7.64. The van der Waals surface area contributed by atoms with Crippen molar-refractivity contribution in [3.63, 3.8) is 0 Å². The molecule has 144 valence electrons. The average molecular weight is 378 g/mol. The fourth-order valence-corrected chi connectivity index (χ4v) is 2.89. The molecule has 2 amide bonds. The molecule has 0 bridgehead atoms. The SMILES string of the molecule is CC(C)(C)CC(=O)Nc1onc(-c2cccnc2)c1-c1ccccc1C(N)=O. The van der Waals surface area contributed by atoms with Gasteiger partial charge in [0.25, 0.3) is 0 Å². The lowest BCUT2D eigenvalue weighted by Crippen LogP contribution is -2.20. The zero-order valence-electron chi connectivity index (χ0n) is 16.0. The Morgan fingerprint density at radius 3 is 2.54 bits per heavy atom. The number of hydrogen-bond donors (Lipinski definition) is 2. The van der Waals surface area contributed by atoms with Gasteiger partial charge >= 0.3 is 0 Å². The van der Waals surface area contributed by atoms with E-state index in [1.807, 2.05) is 26.8 Å². The van der Waals surface area contributed by atoms with Crippen LogP contribution in [-0.2, 0) is 4.79 Å². The first-order valence-electron chi connectivity index (χ1n) is 8.85. The van der Waals surface area contributed by atoms with Gasteiger partial charge < -0.3 is 10.3 Å². The molecular weight excluding hydrogens is 356 g/mol. The summed E-state index contributed by atoms with van der Waals surface area (Å²) >= 11 is 0. The van der Waals surface area contributed by atoms with Crippen LogP contribution in [0.15, 0.2) is 53.3 Å². The quantitative estimate of drug-likeness (QED) is 0.700. The largest absolute Gasteiger partial charge is 0.366 e. The molecule has 0 aliphatic carbocycles. The van der Waals surface area contributed by atoms with Crippen molar-refractivity contribution < 1.29 is 14.1 Å². The summed E-state index contributed by atoms with van der Waals surface area (Å²) in [5, 5.41) is 6.91. The molecule has 1 aromatic carbocycles. The Morgan fingerprint density at radius 1 is 1.14 bits per heavy atom. The summed E-state index contributed by atoms with van der Waals surface area (Å²) in [5.74, 6) is -0.623. The summed E-state index contributed by atoms with van der Waals surface area (Å²) < 4.78 is 5.46. The van der Waals surface area contributed by atoms with Gasteiger partial charge in [0.2, 0.25) is 17.7 Å². The fraction of sp³-hybridized carbons (Fsp3) is 0.238. The Balaban J connectivity index is 2.14. The summed E-state index contributed by atoms with van der Waals surface area (Å²) in [6.07, 6.45) is 3.58. The zero-order chi connectivity index (χ0) is 20.3. The third kappa shape index (κ3) is 4.25. The van der Waals surface area contributed by atoms with Crippen LogP contribution >= 0.6 is 0 Å². The van der Waals surface area contributed by atoms with E-state index in [2.05, 4.69) is 15.5 Å². The summed E-state index contributed by atoms with van der Waals surface area (Å²) in [6, 6.07) is 10.5. The molecule has 0 saturated carbocycles. The smallest absolute Gasteiger partial charge is 0.249 e. The highest BCUT2D eigenvalue weighted by Crippen LogP contribution is 2.39. The molecule has 0 unspecified atom stereocenters. The van der Waals surface area contributed by atoms with Crippen LogP contribution in [0, 0.1) is 5.41 Å². The van der Waals surface area contributed by atoms with E-state index in [9.17, 15) is 9.59 Å². The lowest BCUT2D eigenvalue weighted by atomic mass is 9.92. The van der Waals surface area contributed by atoms with Gasteiger partial charge in [-0.1, -0.05) is 44.1 Å². The molecule has 0 saturated heterocycles. The number of nitrogens with zero attached hydrogens (tertiary/aromatic N) is 2. The molecule has 0 atom stereocenters. The number of rotatable bonds is 5. The highest BCUT2D eigenvalue weighted by molar-refractivity contribution is 6.05. The number of hydrogen-bond acceptors (Lipinski definition) is 5. The van der Waals surface area contributed by atoms with Gasteiger partial charge in [0, 0.05) is 35.5 Å². The van der Waals surface area contributed by atoms with E-state index in [4.69, 9.17) is 10.3 Å². The molecule has 7 heteroatoms. The van der Waals surface area contributed by atoms with Crippen molar-refractivity contribution in [2.45, 2.75) is 27.2 Å². The van der Waals surface area contributed by atoms with Crippen LogP contribution in [0.1, 0.15) is 37.6 Å². The highest BCUT2D eigenvalue weighted by Gasteiger charge is 2.25. The maximum Gasteiger partial charge on any atom is 0.249 e. The third-order valence-corrected chi connectivity index (χ3v) is 4.03. The Bertz CT molecular complexity index is 1000. The Morgan fingerprint density at radius 2 is 1.89 bits per heavy atom. The van der Waals surface area contributed by atoms with E-state index in [0.29, 0.717) is 34.4 Å². The molecule has 7 nitrogen and oxygen atoms in total. The van der Waals surface area contributed by atoms with Crippen LogP contribution < -0.4 is 11.1 Å². The van der Waals surface area contributed by atoms with Crippen molar-refractivity contribution >= 4 is 17.7 Å². The van der Waals surface area contributed by atoms with Gasteiger partial charge in [0.15, 0.2) is 0 Å². The first-order chi connectivity index (χ1) is 13.3. The number of carbonyl (C=O) groups excluding carboxylic acids is 2. The molecular formula is C21H22N4O3. The van der Waals surface area contributed by atoms with Crippen molar-refractivity contribution in [3.05, 3.63) is 54.4 Å². The molecule has 0 aliphatic rings. The van der Waals surface area contributed by atoms with Crippen LogP contribution in [0.25, 0.3) is 22.4 Å². The number of amides is 2. The lowest BCUT2D eigenvalue weighted by molar-refractivity contribution is -0.117. The molecule has 3 aromatic rings. The molecule has 28 heavy (non-hydrogen) atoms. The Hall–Kier alpha value is -3.48. The van der Waals surface area contributed by atoms with E-state index in [1.165, 1.54) is 0 Å². The summed E-state index contributed by atoms with van der Waals surface area (Å²) in [5.41, 5.74) is 7.85. The number of primary amides is 1. The predicted octanol–water partition coefficient (Wildman–Crippen LogP) is 3.88. The second-order valence-corrected chi connectivity index (χ2v) is 7.67. The molecule has 3 N–H and O–H groups in total. The van der Waals surface area contributed by atoms with Crippen LogP contribution in [0.2, 0.25) is 0 Å². The van der Waals surface area contributed by atoms with Crippen molar-refractivity contribution in [1.29, 1.82) is 0 Å². The van der Waals surface area contributed by atoms with Crippen LogP contribution in [0.3, 0.4) is 0 Å². The zero-order valence-corrected chi connectivity index (χ0v) is 16.0. The van der Waals surface area contributed by atoms with Gasteiger partial charge in [-0.2, -0.15) is 0 Å². The van der Waals surface area contributed by atoms with E-state index < -0.39 is 5.91 Å². The number of nitrogens with one attached hydrogen (secondary N) is 1. The molecule has 2 heterocycles. The van der Waals surface area contributed by atoms with Crippen molar-refractivity contribution in [2.24, 2.45) is 11.1 Å². The van der Waals surface area contributed by atoms with Crippen LogP contribution in [0.4, 0.5) is 5.88 Å². The van der Waals surface area contributed by atoms with Gasteiger partial charge in [-0.3, -0.25) is 19.9 Å². The second-order valence-electron chi connectivity index (χ2n) is 7.67. The topological polar surface area (TPSA) is 111 Å². The minimum Gasteiger partial charge on any atom is -0.366 e. The monoisotopic (exact) mass is 378 g/mol. The molecule has 3 rings (SSSR count). The molecule has 0 aliphatic heterocycles. The fourth-order valence-electron chi connectivity index (χ4n) is 2.89. The normalized spacial score (nSPS) is 11.2. The summed E-state index contributed by atoms with van der Waals surface area (Å²) in [6.45, 7) is 5.91. The van der Waals surface area contributed by atoms with Crippen LogP contribution in [0.5, 0.6) is 0 Å². The average Bonchev–Trinajstić information content (AvgIpc) is 3.04. The first kappa shape index (κ1) is 19.3. The van der Waals surface area contributed by atoms with E-state index >= 15 is 0 Å². The van der Waals surface area contributed by atoms with E-state index in [0.717, 1.165) is 0 Å². The number of pyridine rings is 1. The predicted molar refractivity (Wildman–Crippen MR) is 106 cm³/mol. The minimum absolute atomic E-state index is 0.168. The van der Waals surface area contributed by atoms with Crippen molar-refractivity contribution in [2.75, 3.05) is 5.32 Å². The van der Waals surface area contributed by atoms with Gasteiger partial charge in [-0.25, -0.2) is 0 Å². The molecule has 0 spiro atoms. The third-order valence-electron chi connectivity index (χ3n) is 4.03. The number of carbonyl (C=O) groups is 2. The maximum atomic E-state index is 12.5. The van der Waals surface area contributed by atoms with E-state index in [1.54, 1.807) is 42.7 Å². The van der Waals surface area contributed by atoms with Gasteiger partial charge in [-0.05, 0) is 23.6 Å². The van der Waals surface area contributed by atoms with E-state index in [-0.39, 0.29) is 17.2 Å². The number of nitrogens with two attached hydrogens (primary N) is 1. The highest BCUT2D eigenvalue weighted by atomic mass is 16.5. The van der Waals surface area contributed by atoms with Gasteiger partial charge in [0.05, 0.1) is 5.56 Å². The van der Waals surface area contributed by atoms with Crippen molar-refractivity contribution in [3.8, 4) is 22.4 Å². The Labute approximate surface area is 162 Å². The lowest BCUT2D eigenvalue weighted by Gasteiger charge is -2.17. The minimum atomic E-state index is -0.582. The van der Waals surface area contributed by atoms with Gasteiger partial charge in [-0.15, -0.1) is 0 Å². The first-order valence-corrected chi connectivity index (χ1v) is 8.85. The Kier molecular flexibility index (Phi) is 5.26. The van der Waals surface area contributed by atoms with Crippen molar-refractivity contribution in [1.82, 2.24) is 10.1 Å². The number of anilines is 1. The summed E-state index contributed by atoms with van der Waals surface area (Å²) in [7, 11) is 0. The molecule has 2 aromatic heterocycles. The molecule has 0 radical (unpaired) electrons. The number of aromatic nitrogens is 2. The molecule has 0 fully saturated rings. The number of benzene rings is 1. The van der Waals surface area contributed by atoms with Gasteiger partial charge in [0.1, 0.15) is 5.69 Å². The maximum absolute atomic E-state index is 12.5. The van der Waals surface area contributed by atoms with Crippen LogP contribution in [-0.4, -0.2) is 22.0 Å².